The second-order valence-electron chi connectivity index (χ2n) is 7.22. The van der Waals surface area contributed by atoms with Gasteiger partial charge in [-0.05, 0) is 54.2 Å². The Hall–Kier alpha value is -1.93. The van der Waals surface area contributed by atoms with Gasteiger partial charge in [0, 0.05) is 12.3 Å². The summed E-state index contributed by atoms with van der Waals surface area (Å²) in [5, 5.41) is 15.3. The third-order valence-electron chi connectivity index (χ3n) is 4.73. The molecule has 1 N–H and O–H groups in total. The van der Waals surface area contributed by atoms with Crippen LogP contribution in [0.1, 0.15) is 50.7 Å². The van der Waals surface area contributed by atoms with Crippen LogP contribution in [0.15, 0.2) is 23.4 Å². The number of thioether (sulfide) groups is 1. The van der Waals surface area contributed by atoms with Gasteiger partial charge in [-0.2, -0.15) is 0 Å². The number of carbonyl (C=O) groups excluding carboxylic acids is 1. The van der Waals surface area contributed by atoms with E-state index in [9.17, 15) is 4.79 Å². The minimum Gasteiger partial charge on any atom is -0.376 e. The third kappa shape index (κ3) is 4.87. The van der Waals surface area contributed by atoms with Gasteiger partial charge in [-0.1, -0.05) is 43.8 Å². The van der Waals surface area contributed by atoms with Gasteiger partial charge in [0.1, 0.15) is 0 Å². The van der Waals surface area contributed by atoms with Crippen molar-refractivity contribution in [2.45, 2.75) is 69.5 Å². The van der Waals surface area contributed by atoms with Crippen molar-refractivity contribution in [1.82, 2.24) is 20.2 Å². The molecule has 2 atom stereocenters. The Labute approximate surface area is 164 Å². The first-order chi connectivity index (χ1) is 13.0. The molecule has 146 valence electrons. The van der Waals surface area contributed by atoms with Crippen LogP contribution in [0.25, 0.3) is 0 Å². The summed E-state index contributed by atoms with van der Waals surface area (Å²) < 4.78 is 7.39. The fourth-order valence-corrected chi connectivity index (χ4v) is 3.95. The molecule has 0 bridgehead atoms. The lowest BCUT2D eigenvalue weighted by Crippen LogP contribution is -2.25. The summed E-state index contributed by atoms with van der Waals surface area (Å²) in [6, 6.07) is 6.10. The van der Waals surface area contributed by atoms with E-state index in [0.717, 1.165) is 36.3 Å². The molecule has 1 amide bonds. The van der Waals surface area contributed by atoms with Gasteiger partial charge in [0.05, 0.1) is 17.9 Å². The first kappa shape index (κ1) is 19.8. The number of tetrazole rings is 1. The van der Waals surface area contributed by atoms with Crippen LogP contribution in [-0.2, 0) is 16.1 Å². The highest BCUT2D eigenvalue weighted by Gasteiger charge is 2.23. The smallest absolute Gasteiger partial charge is 0.237 e. The van der Waals surface area contributed by atoms with Crippen molar-refractivity contribution in [3.63, 3.8) is 0 Å². The van der Waals surface area contributed by atoms with E-state index in [1.807, 2.05) is 26.0 Å². The van der Waals surface area contributed by atoms with Gasteiger partial charge in [-0.15, -0.1) is 5.10 Å². The zero-order valence-corrected chi connectivity index (χ0v) is 17.1. The Balaban J connectivity index is 1.66. The minimum atomic E-state index is -0.320. The SMILES string of the molecule is Cc1cccc(C(C)C)c1NC(=O)C(C)Sc1nnnn1CC1CCCO1. The molecule has 2 aromatic rings. The molecular weight excluding hydrogens is 362 g/mol. The van der Waals surface area contributed by atoms with Crippen LogP contribution in [-0.4, -0.2) is 44.1 Å². The molecule has 8 heteroatoms. The van der Waals surface area contributed by atoms with E-state index in [1.165, 1.54) is 11.8 Å². The number of amides is 1. The Morgan fingerprint density at radius 1 is 1.41 bits per heavy atom. The van der Waals surface area contributed by atoms with E-state index in [0.29, 0.717) is 17.6 Å². The van der Waals surface area contributed by atoms with Gasteiger partial charge in [-0.25, -0.2) is 4.68 Å². The summed E-state index contributed by atoms with van der Waals surface area (Å²) in [6.45, 7) is 9.56. The molecule has 1 aliphatic rings. The van der Waals surface area contributed by atoms with E-state index in [1.54, 1.807) is 4.68 Å². The maximum absolute atomic E-state index is 12.8. The number of ether oxygens (including phenoxy) is 1. The average Bonchev–Trinajstić information content (AvgIpc) is 3.29. The van der Waals surface area contributed by atoms with Gasteiger partial charge in [0.25, 0.3) is 0 Å². The van der Waals surface area contributed by atoms with Crippen LogP contribution in [0.5, 0.6) is 0 Å². The highest BCUT2D eigenvalue weighted by atomic mass is 32.2. The zero-order valence-electron chi connectivity index (χ0n) is 16.3. The molecule has 0 radical (unpaired) electrons. The number of nitrogens with one attached hydrogen (secondary N) is 1. The molecule has 2 unspecified atom stereocenters. The highest BCUT2D eigenvalue weighted by Crippen LogP contribution is 2.29. The molecule has 1 aliphatic heterocycles. The molecule has 2 heterocycles. The van der Waals surface area contributed by atoms with Crippen LogP contribution in [0.4, 0.5) is 5.69 Å². The number of hydrogen-bond acceptors (Lipinski definition) is 6. The van der Waals surface area contributed by atoms with E-state index < -0.39 is 0 Å². The minimum absolute atomic E-state index is 0.0529. The summed E-state index contributed by atoms with van der Waals surface area (Å²) >= 11 is 1.37. The first-order valence-electron chi connectivity index (χ1n) is 9.40. The Bertz CT molecular complexity index is 786. The standard InChI is InChI=1S/C19H27N5O2S/c1-12(2)16-9-5-7-13(3)17(16)20-18(25)14(4)27-19-21-22-23-24(19)11-15-8-6-10-26-15/h5,7,9,12,14-15H,6,8,10-11H2,1-4H3,(H,20,25). The number of aryl methyl sites for hydroxylation is 1. The quantitative estimate of drug-likeness (QED) is 0.731. The molecule has 0 saturated carbocycles. The van der Waals surface area contributed by atoms with Gasteiger partial charge in [0.15, 0.2) is 0 Å². The van der Waals surface area contributed by atoms with Gasteiger partial charge in [0.2, 0.25) is 11.1 Å². The molecule has 27 heavy (non-hydrogen) atoms. The van der Waals surface area contributed by atoms with Crippen molar-refractivity contribution in [2.75, 3.05) is 11.9 Å². The van der Waals surface area contributed by atoms with Gasteiger partial charge < -0.3 is 10.1 Å². The number of nitrogens with zero attached hydrogens (tertiary/aromatic N) is 4. The number of benzene rings is 1. The van der Waals surface area contributed by atoms with Crippen molar-refractivity contribution in [1.29, 1.82) is 0 Å². The topological polar surface area (TPSA) is 81.9 Å². The summed E-state index contributed by atoms with van der Waals surface area (Å²) in [7, 11) is 0. The zero-order chi connectivity index (χ0) is 19.4. The van der Waals surface area contributed by atoms with E-state index >= 15 is 0 Å². The fraction of sp³-hybridized carbons (Fsp3) is 0.579. The molecule has 0 spiro atoms. The predicted octanol–water partition coefficient (Wildman–Crippen LogP) is 3.40. The number of para-hydroxylation sites is 1. The molecule has 3 rings (SSSR count). The highest BCUT2D eigenvalue weighted by molar-refractivity contribution is 8.00. The number of hydrogen-bond donors (Lipinski definition) is 1. The van der Waals surface area contributed by atoms with Gasteiger partial charge >= 0.3 is 0 Å². The number of anilines is 1. The maximum atomic E-state index is 12.8. The first-order valence-corrected chi connectivity index (χ1v) is 10.3. The molecule has 1 aromatic heterocycles. The monoisotopic (exact) mass is 389 g/mol. The summed E-state index contributed by atoms with van der Waals surface area (Å²) in [6.07, 6.45) is 2.24. The average molecular weight is 390 g/mol. The molecular formula is C19H27N5O2S. The Morgan fingerprint density at radius 2 is 2.22 bits per heavy atom. The van der Waals surface area contributed by atoms with Crippen molar-refractivity contribution >= 4 is 23.4 Å². The number of aromatic nitrogens is 4. The number of rotatable bonds is 7. The summed E-state index contributed by atoms with van der Waals surface area (Å²) in [5.74, 6) is 0.282. The summed E-state index contributed by atoms with van der Waals surface area (Å²) in [4.78, 5) is 12.8. The number of carbonyl (C=O) groups is 1. The van der Waals surface area contributed by atoms with Crippen LogP contribution in [0.2, 0.25) is 0 Å². The van der Waals surface area contributed by atoms with Crippen LogP contribution >= 0.6 is 11.8 Å². The molecule has 7 nitrogen and oxygen atoms in total. The van der Waals surface area contributed by atoms with Crippen LogP contribution < -0.4 is 5.32 Å². The lowest BCUT2D eigenvalue weighted by atomic mass is 9.98. The molecule has 0 aliphatic carbocycles. The van der Waals surface area contributed by atoms with Crippen molar-refractivity contribution in [2.24, 2.45) is 0 Å². The van der Waals surface area contributed by atoms with E-state index in [2.05, 4.69) is 40.8 Å². The van der Waals surface area contributed by atoms with Crippen molar-refractivity contribution < 1.29 is 9.53 Å². The van der Waals surface area contributed by atoms with E-state index in [4.69, 9.17) is 4.74 Å². The second-order valence-corrected chi connectivity index (χ2v) is 8.53. The van der Waals surface area contributed by atoms with E-state index in [-0.39, 0.29) is 17.3 Å². The Morgan fingerprint density at radius 3 is 2.93 bits per heavy atom. The largest absolute Gasteiger partial charge is 0.376 e. The lowest BCUT2D eigenvalue weighted by Gasteiger charge is -2.18. The normalized spacial score (nSPS) is 18.0. The maximum Gasteiger partial charge on any atom is 0.237 e. The lowest BCUT2D eigenvalue weighted by molar-refractivity contribution is -0.115. The Kier molecular flexibility index (Phi) is 6.49. The van der Waals surface area contributed by atoms with Crippen LogP contribution in [0.3, 0.4) is 0 Å². The predicted molar refractivity (Wildman–Crippen MR) is 106 cm³/mol. The van der Waals surface area contributed by atoms with Crippen molar-refractivity contribution in [3.8, 4) is 0 Å². The fourth-order valence-electron chi connectivity index (χ4n) is 3.16. The summed E-state index contributed by atoms with van der Waals surface area (Å²) in [5.41, 5.74) is 3.11. The molecule has 1 fully saturated rings. The van der Waals surface area contributed by atoms with Crippen LogP contribution in [0, 0.1) is 6.92 Å². The third-order valence-corrected chi connectivity index (χ3v) is 5.80. The molecule has 1 aromatic carbocycles. The van der Waals surface area contributed by atoms with Gasteiger partial charge in [-0.3, -0.25) is 4.79 Å². The van der Waals surface area contributed by atoms with Crippen molar-refractivity contribution in [3.05, 3.63) is 29.3 Å². The molecule has 1 saturated heterocycles. The second kappa shape index (κ2) is 8.84.